The van der Waals surface area contributed by atoms with E-state index in [9.17, 15) is 18.3 Å². The van der Waals surface area contributed by atoms with Gasteiger partial charge in [-0.3, -0.25) is 0 Å². The van der Waals surface area contributed by atoms with E-state index in [2.05, 4.69) is 0 Å². The number of rotatable bonds is 5. The molecule has 0 bridgehead atoms. The second-order valence-electron chi connectivity index (χ2n) is 5.71. The van der Waals surface area contributed by atoms with Crippen LogP contribution in [0.25, 0.3) is 0 Å². The highest BCUT2D eigenvalue weighted by Gasteiger charge is 2.45. The molecule has 7 heteroatoms. The molecule has 1 aromatic carbocycles. The molecule has 130 valence electrons. The van der Waals surface area contributed by atoms with Crippen molar-refractivity contribution >= 4 is 27.4 Å². The molecule has 2 atom stereocenters. The molecule has 0 saturated heterocycles. The van der Waals surface area contributed by atoms with E-state index >= 15 is 0 Å². The van der Waals surface area contributed by atoms with Gasteiger partial charge in [0.15, 0.2) is 9.84 Å². The van der Waals surface area contributed by atoms with Crippen molar-refractivity contribution in [3.05, 3.63) is 78.3 Å². The number of benzene rings is 1. The van der Waals surface area contributed by atoms with Crippen LogP contribution in [0.3, 0.4) is 0 Å². The van der Waals surface area contributed by atoms with Gasteiger partial charge in [-0.15, -0.1) is 11.6 Å². The van der Waals surface area contributed by atoms with Crippen molar-refractivity contribution in [2.24, 2.45) is 5.92 Å². The number of alkyl halides is 1. The number of carboxylic acid groups (broad SMARTS) is 1. The van der Waals surface area contributed by atoms with Crippen LogP contribution in [0, 0.1) is 5.92 Å². The fourth-order valence-electron chi connectivity index (χ4n) is 2.91. The van der Waals surface area contributed by atoms with Crippen LogP contribution in [-0.2, 0) is 19.5 Å². The van der Waals surface area contributed by atoms with Crippen molar-refractivity contribution < 1.29 is 22.7 Å². The predicted octanol–water partition coefficient (Wildman–Crippen LogP) is 3.38. The van der Waals surface area contributed by atoms with Gasteiger partial charge in [0, 0.05) is 17.1 Å². The van der Waals surface area contributed by atoms with E-state index in [4.69, 9.17) is 16.0 Å². The fraction of sp³-hybridized carbons (Fsp3) is 0.167. The standard InChI is InChI=1S/C18H15ClO5S/c19-18(13-8-10-24-11-13)9-4-7-15(17(20)21)16(18)12-25(22,23)14-5-2-1-3-6-14/h1-11,16H,12H2,(H,20,21). The van der Waals surface area contributed by atoms with Crippen LogP contribution in [0.1, 0.15) is 5.56 Å². The van der Waals surface area contributed by atoms with Gasteiger partial charge < -0.3 is 9.52 Å². The smallest absolute Gasteiger partial charge is 0.331 e. The molecule has 2 unspecified atom stereocenters. The highest BCUT2D eigenvalue weighted by molar-refractivity contribution is 7.91. The molecule has 0 fully saturated rings. The van der Waals surface area contributed by atoms with Crippen LogP contribution >= 0.6 is 11.6 Å². The average molecular weight is 379 g/mol. The number of sulfone groups is 1. The van der Waals surface area contributed by atoms with E-state index < -0.39 is 32.4 Å². The molecule has 1 heterocycles. The summed E-state index contributed by atoms with van der Waals surface area (Å²) in [5, 5.41) is 9.53. The number of hydrogen-bond donors (Lipinski definition) is 1. The predicted molar refractivity (Wildman–Crippen MR) is 93.1 cm³/mol. The molecule has 25 heavy (non-hydrogen) atoms. The molecule has 1 aliphatic rings. The third-order valence-electron chi connectivity index (χ3n) is 4.20. The molecule has 0 saturated carbocycles. The summed E-state index contributed by atoms with van der Waals surface area (Å²) in [4.78, 5) is 10.5. The maximum absolute atomic E-state index is 12.8. The van der Waals surface area contributed by atoms with Gasteiger partial charge in [0.1, 0.15) is 0 Å². The number of carboxylic acids is 1. The maximum Gasteiger partial charge on any atom is 0.331 e. The SMILES string of the molecule is O=C(O)C1=CC=CC(Cl)(c2ccoc2)C1CS(=O)(=O)c1ccccc1. The molecule has 2 aromatic rings. The van der Waals surface area contributed by atoms with Crippen molar-refractivity contribution in [1.82, 2.24) is 0 Å². The summed E-state index contributed by atoms with van der Waals surface area (Å²) in [7, 11) is -3.74. The Morgan fingerprint density at radius 3 is 2.56 bits per heavy atom. The lowest BCUT2D eigenvalue weighted by Gasteiger charge is -2.34. The lowest BCUT2D eigenvalue weighted by molar-refractivity contribution is -0.133. The number of carbonyl (C=O) groups is 1. The molecule has 1 N–H and O–H groups in total. The molecule has 3 rings (SSSR count). The maximum atomic E-state index is 12.8. The Morgan fingerprint density at radius 1 is 1.24 bits per heavy atom. The monoisotopic (exact) mass is 378 g/mol. The molecule has 1 aliphatic carbocycles. The highest BCUT2D eigenvalue weighted by atomic mass is 35.5. The number of hydrogen-bond acceptors (Lipinski definition) is 4. The Kier molecular flexibility index (Phi) is 4.58. The van der Waals surface area contributed by atoms with Gasteiger partial charge in [0.25, 0.3) is 0 Å². The van der Waals surface area contributed by atoms with E-state index in [1.165, 1.54) is 36.8 Å². The second kappa shape index (κ2) is 6.54. The van der Waals surface area contributed by atoms with Gasteiger partial charge in [-0.1, -0.05) is 36.4 Å². The van der Waals surface area contributed by atoms with Crippen LogP contribution in [0.4, 0.5) is 0 Å². The average Bonchev–Trinajstić information content (AvgIpc) is 3.12. The zero-order chi connectivity index (χ0) is 18.1. The summed E-state index contributed by atoms with van der Waals surface area (Å²) in [5.41, 5.74) is 0.448. The van der Waals surface area contributed by atoms with Crippen LogP contribution in [0.15, 0.2) is 82.0 Å². The Labute approximate surface area is 150 Å². The Balaban J connectivity index is 2.07. The number of halogens is 1. The first-order chi connectivity index (χ1) is 11.8. The third-order valence-corrected chi connectivity index (χ3v) is 6.57. The lowest BCUT2D eigenvalue weighted by Crippen LogP contribution is -2.37. The van der Waals surface area contributed by atoms with Crippen LogP contribution < -0.4 is 0 Å². The molecule has 0 spiro atoms. The van der Waals surface area contributed by atoms with Gasteiger partial charge in [-0.25, -0.2) is 13.2 Å². The van der Waals surface area contributed by atoms with Gasteiger partial charge in [-0.05, 0) is 18.2 Å². The van der Waals surface area contributed by atoms with Crippen molar-refractivity contribution in [3.63, 3.8) is 0 Å². The normalized spacial score (nSPS) is 23.2. The number of aliphatic carboxylic acids is 1. The topological polar surface area (TPSA) is 84.6 Å². The largest absolute Gasteiger partial charge is 0.478 e. The summed E-state index contributed by atoms with van der Waals surface area (Å²) in [6, 6.07) is 9.50. The Morgan fingerprint density at radius 2 is 1.96 bits per heavy atom. The molecular formula is C18H15ClO5S. The van der Waals surface area contributed by atoms with E-state index in [-0.39, 0.29) is 10.5 Å². The molecule has 1 aromatic heterocycles. The van der Waals surface area contributed by atoms with Crippen molar-refractivity contribution in [1.29, 1.82) is 0 Å². The minimum Gasteiger partial charge on any atom is -0.478 e. The Bertz CT molecular complexity index is 929. The highest BCUT2D eigenvalue weighted by Crippen LogP contribution is 2.45. The summed E-state index contributed by atoms with van der Waals surface area (Å²) >= 11 is 6.72. The van der Waals surface area contributed by atoms with Crippen molar-refractivity contribution in [3.8, 4) is 0 Å². The number of allylic oxidation sites excluding steroid dienone is 3. The van der Waals surface area contributed by atoms with Gasteiger partial charge in [0.05, 0.1) is 28.0 Å². The minimum absolute atomic E-state index is 0.0572. The first-order valence-electron chi connectivity index (χ1n) is 7.47. The molecular weight excluding hydrogens is 364 g/mol. The first-order valence-corrected chi connectivity index (χ1v) is 9.50. The van der Waals surface area contributed by atoms with E-state index in [1.54, 1.807) is 30.3 Å². The van der Waals surface area contributed by atoms with Crippen LogP contribution in [0.5, 0.6) is 0 Å². The van der Waals surface area contributed by atoms with E-state index in [1.807, 2.05) is 0 Å². The summed E-state index contributed by atoms with van der Waals surface area (Å²) in [6.07, 6.45) is 7.30. The zero-order valence-corrected chi connectivity index (χ0v) is 14.6. The van der Waals surface area contributed by atoms with Gasteiger partial charge in [0.2, 0.25) is 0 Å². The quantitative estimate of drug-likeness (QED) is 0.806. The fourth-order valence-corrected chi connectivity index (χ4v) is 5.02. The third kappa shape index (κ3) is 3.27. The van der Waals surface area contributed by atoms with Crippen molar-refractivity contribution in [2.75, 3.05) is 5.75 Å². The summed E-state index contributed by atoms with van der Waals surface area (Å²) in [5.74, 6) is -2.61. The van der Waals surface area contributed by atoms with Crippen LogP contribution in [-0.4, -0.2) is 25.2 Å². The van der Waals surface area contributed by atoms with E-state index in [0.29, 0.717) is 5.56 Å². The van der Waals surface area contributed by atoms with Crippen molar-refractivity contribution in [2.45, 2.75) is 9.77 Å². The van der Waals surface area contributed by atoms with E-state index in [0.717, 1.165) is 0 Å². The molecule has 0 amide bonds. The van der Waals surface area contributed by atoms with Gasteiger partial charge >= 0.3 is 5.97 Å². The minimum atomic E-state index is -3.74. The van der Waals surface area contributed by atoms with Crippen LogP contribution in [0.2, 0.25) is 0 Å². The lowest BCUT2D eigenvalue weighted by atomic mass is 9.79. The first kappa shape index (κ1) is 17.5. The number of furan rings is 1. The Hall–Kier alpha value is -2.31. The summed E-state index contributed by atoms with van der Waals surface area (Å²) < 4.78 is 30.7. The zero-order valence-electron chi connectivity index (χ0n) is 13.0. The van der Waals surface area contributed by atoms with Gasteiger partial charge in [-0.2, -0.15) is 0 Å². The molecule has 0 radical (unpaired) electrons. The summed E-state index contributed by atoms with van der Waals surface area (Å²) in [6.45, 7) is 0. The molecule has 5 nitrogen and oxygen atoms in total. The second-order valence-corrected chi connectivity index (χ2v) is 8.37. The molecule has 0 aliphatic heterocycles.